The van der Waals surface area contributed by atoms with Crippen LogP contribution in [0, 0.1) is 0 Å². The quantitative estimate of drug-likeness (QED) is 0.146. The van der Waals surface area contributed by atoms with Crippen LogP contribution in [-0.2, 0) is 33.4 Å². The van der Waals surface area contributed by atoms with Gasteiger partial charge in [0.2, 0.25) is 11.8 Å². The Labute approximate surface area is 283 Å². The Morgan fingerprint density at radius 2 is 1.42 bits per heavy atom. The minimum atomic E-state index is -1.24. The van der Waals surface area contributed by atoms with Gasteiger partial charge in [-0.1, -0.05) is 91.0 Å². The molecule has 2 fully saturated rings. The third kappa shape index (κ3) is 7.88. The number of rotatable bonds is 9. The van der Waals surface area contributed by atoms with Crippen molar-refractivity contribution in [3.8, 4) is 0 Å². The molecule has 2 heterocycles. The number of β-lactam (4-membered cyclic amide) rings is 1. The fraction of sp³-hybridized carbons (Fsp3) is 0.306. The Hall–Kier alpha value is -5.10. The van der Waals surface area contributed by atoms with E-state index in [0.717, 1.165) is 11.1 Å². The van der Waals surface area contributed by atoms with Crippen molar-refractivity contribution < 1.29 is 38.2 Å². The lowest BCUT2D eigenvalue weighted by Crippen LogP contribution is -2.75. The predicted molar refractivity (Wildman–Crippen MR) is 178 cm³/mol. The molecule has 5 rings (SSSR count). The number of nitrogens with zero attached hydrogens (tertiary/aromatic N) is 1. The zero-order valence-corrected chi connectivity index (χ0v) is 27.8. The van der Waals surface area contributed by atoms with Crippen molar-refractivity contribution in [3.63, 3.8) is 0 Å². The number of hydrogen-bond donors (Lipinski definition) is 2. The monoisotopic (exact) mass is 671 g/mol. The van der Waals surface area contributed by atoms with Crippen LogP contribution in [0.15, 0.2) is 103 Å². The Morgan fingerprint density at radius 1 is 0.875 bits per heavy atom. The number of ether oxygens (including phenoxy) is 3. The first kappa shape index (κ1) is 34.2. The summed E-state index contributed by atoms with van der Waals surface area (Å²) in [7, 11) is 1.22. The number of amides is 3. The summed E-state index contributed by atoms with van der Waals surface area (Å²) in [5, 5.41) is 4.72. The Bertz CT molecular complexity index is 1640. The Kier molecular flexibility index (Phi) is 10.5. The number of carbonyl (C=O) groups is 5. The van der Waals surface area contributed by atoms with Gasteiger partial charge in [-0.3, -0.25) is 9.59 Å². The van der Waals surface area contributed by atoms with Gasteiger partial charge in [-0.15, -0.1) is 11.8 Å². The average molecular weight is 672 g/mol. The summed E-state index contributed by atoms with van der Waals surface area (Å²) >= 11 is 1.28. The van der Waals surface area contributed by atoms with Crippen LogP contribution in [0.5, 0.6) is 0 Å². The molecule has 2 N–H and O–H groups in total. The van der Waals surface area contributed by atoms with Gasteiger partial charge in [-0.25, -0.2) is 14.4 Å². The summed E-state index contributed by atoms with van der Waals surface area (Å²) in [6, 6.07) is 23.6. The van der Waals surface area contributed by atoms with Gasteiger partial charge in [-0.05, 0) is 43.0 Å². The molecule has 12 heteroatoms. The smallest absolute Gasteiger partial charge is 0.408 e. The van der Waals surface area contributed by atoms with E-state index in [1.165, 1.54) is 29.8 Å². The van der Waals surface area contributed by atoms with Crippen LogP contribution in [0.4, 0.5) is 4.79 Å². The van der Waals surface area contributed by atoms with Crippen molar-refractivity contribution in [2.45, 2.75) is 56.0 Å². The number of benzene rings is 3. The summed E-state index contributed by atoms with van der Waals surface area (Å²) in [6.07, 6.45) is -0.387. The molecule has 48 heavy (non-hydrogen) atoms. The van der Waals surface area contributed by atoms with Crippen LogP contribution in [0.1, 0.15) is 49.6 Å². The molecule has 0 bridgehead atoms. The molecule has 4 atom stereocenters. The number of carbonyl (C=O) groups excluding carboxylic acids is 5. The van der Waals surface area contributed by atoms with Crippen LogP contribution >= 0.6 is 11.8 Å². The molecule has 2 unspecified atom stereocenters. The van der Waals surface area contributed by atoms with Gasteiger partial charge in [0.1, 0.15) is 23.1 Å². The second kappa shape index (κ2) is 14.8. The van der Waals surface area contributed by atoms with E-state index >= 15 is 0 Å². The van der Waals surface area contributed by atoms with Crippen molar-refractivity contribution >= 4 is 41.6 Å². The first-order valence-corrected chi connectivity index (χ1v) is 16.4. The maximum absolute atomic E-state index is 14.1. The third-order valence-electron chi connectivity index (χ3n) is 7.65. The number of methoxy groups -OCH3 is 1. The number of fused-ring (bicyclic) bond motifs is 1. The summed E-state index contributed by atoms with van der Waals surface area (Å²) in [5.74, 6) is -2.40. The SMILES string of the molecule is COC(=O)C=C1CS[C@H]2[C@H](NC(=O)C(NC(=O)OC(C)(C)C)c3ccccc3)C(=O)N2C1C(=O)OC(c1ccccc1)c1ccccc1. The van der Waals surface area contributed by atoms with Crippen molar-refractivity contribution in [3.05, 3.63) is 119 Å². The second-order valence-electron chi connectivity index (χ2n) is 12.2. The molecule has 0 spiro atoms. The highest BCUT2D eigenvalue weighted by atomic mass is 32.2. The normalized spacial score (nSPS) is 20.2. The molecular formula is C36H37N3O8S. The number of alkyl carbamates (subject to hydrolysis) is 1. The molecule has 3 aromatic rings. The first-order valence-electron chi connectivity index (χ1n) is 15.3. The van der Waals surface area contributed by atoms with E-state index in [4.69, 9.17) is 14.2 Å². The lowest BCUT2D eigenvalue weighted by atomic mass is 9.96. The fourth-order valence-electron chi connectivity index (χ4n) is 5.48. The van der Waals surface area contributed by atoms with Crippen molar-refractivity contribution in [2.24, 2.45) is 0 Å². The van der Waals surface area contributed by atoms with E-state index in [-0.39, 0.29) is 5.75 Å². The van der Waals surface area contributed by atoms with Crippen molar-refractivity contribution in [2.75, 3.05) is 12.9 Å². The molecule has 11 nitrogen and oxygen atoms in total. The van der Waals surface area contributed by atoms with Crippen LogP contribution in [0.3, 0.4) is 0 Å². The van der Waals surface area contributed by atoms with Crippen LogP contribution in [-0.4, -0.2) is 70.7 Å². The van der Waals surface area contributed by atoms with Crippen LogP contribution in [0.25, 0.3) is 0 Å². The summed E-state index contributed by atoms with van der Waals surface area (Å²) in [6.45, 7) is 5.12. The Morgan fingerprint density at radius 3 is 1.94 bits per heavy atom. The van der Waals surface area contributed by atoms with Crippen molar-refractivity contribution in [1.29, 1.82) is 0 Å². The van der Waals surface area contributed by atoms with E-state index in [1.54, 1.807) is 51.1 Å². The largest absolute Gasteiger partial charge is 0.466 e. The molecule has 0 aliphatic carbocycles. The number of thioether (sulfide) groups is 1. The highest BCUT2D eigenvalue weighted by Crippen LogP contribution is 2.42. The van der Waals surface area contributed by atoms with Crippen LogP contribution in [0.2, 0.25) is 0 Å². The molecule has 2 aliphatic rings. The van der Waals surface area contributed by atoms with Gasteiger partial charge < -0.3 is 29.7 Å². The first-order chi connectivity index (χ1) is 23.0. The number of hydrogen-bond acceptors (Lipinski definition) is 9. The van der Waals surface area contributed by atoms with Gasteiger partial charge in [0.05, 0.1) is 7.11 Å². The molecule has 2 saturated heterocycles. The minimum absolute atomic E-state index is 0.190. The molecule has 0 aromatic heterocycles. The third-order valence-corrected chi connectivity index (χ3v) is 8.99. The van der Waals surface area contributed by atoms with Crippen LogP contribution < -0.4 is 10.6 Å². The summed E-state index contributed by atoms with van der Waals surface area (Å²) in [4.78, 5) is 67.8. The predicted octanol–water partition coefficient (Wildman–Crippen LogP) is 4.45. The summed E-state index contributed by atoms with van der Waals surface area (Å²) < 4.78 is 16.3. The average Bonchev–Trinajstić information content (AvgIpc) is 3.08. The zero-order chi connectivity index (χ0) is 34.4. The van der Waals surface area contributed by atoms with Gasteiger partial charge in [0.25, 0.3) is 0 Å². The maximum atomic E-state index is 14.1. The lowest BCUT2D eigenvalue weighted by molar-refractivity contribution is -0.165. The highest BCUT2D eigenvalue weighted by molar-refractivity contribution is 8.00. The highest BCUT2D eigenvalue weighted by Gasteiger charge is 2.57. The van der Waals surface area contributed by atoms with Gasteiger partial charge in [-0.2, -0.15) is 0 Å². The number of esters is 2. The molecule has 2 aliphatic heterocycles. The Balaban J connectivity index is 1.39. The summed E-state index contributed by atoms with van der Waals surface area (Å²) in [5.41, 5.74) is 1.46. The van der Waals surface area contributed by atoms with E-state index in [1.807, 2.05) is 60.7 Å². The minimum Gasteiger partial charge on any atom is -0.466 e. The number of nitrogens with one attached hydrogen (secondary N) is 2. The second-order valence-corrected chi connectivity index (χ2v) is 13.3. The fourth-order valence-corrected chi connectivity index (χ4v) is 6.85. The molecule has 3 aromatic carbocycles. The van der Waals surface area contributed by atoms with E-state index in [2.05, 4.69) is 10.6 Å². The van der Waals surface area contributed by atoms with E-state index in [0.29, 0.717) is 11.1 Å². The van der Waals surface area contributed by atoms with E-state index < -0.39 is 65.1 Å². The zero-order valence-electron chi connectivity index (χ0n) is 27.0. The molecule has 0 saturated carbocycles. The lowest BCUT2D eigenvalue weighted by Gasteiger charge is -2.53. The molecular weight excluding hydrogens is 634 g/mol. The standard InChI is InChI=1S/C36H37N3O8S/c1-36(2,3)47-35(44)38-27(22-14-8-5-9-15-22)31(41)37-28-32(42)39-29(25(20-26(40)45-4)21-48-33(28)39)34(43)46-30(23-16-10-6-11-17-23)24-18-12-7-13-19-24/h5-20,27-30,33H,21H2,1-4H3,(H,37,41)(H,38,44)/t27?,28-,29?,33+/m1/s1. The van der Waals surface area contributed by atoms with Gasteiger partial charge in [0, 0.05) is 11.8 Å². The molecule has 3 amide bonds. The molecule has 250 valence electrons. The van der Waals surface area contributed by atoms with Crippen molar-refractivity contribution in [1.82, 2.24) is 15.5 Å². The maximum Gasteiger partial charge on any atom is 0.408 e. The molecule has 0 radical (unpaired) electrons. The topological polar surface area (TPSA) is 140 Å². The van der Waals surface area contributed by atoms with Gasteiger partial charge >= 0.3 is 18.0 Å². The van der Waals surface area contributed by atoms with Gasteiger partial charge in [0.15, 0.2) is 12.1 Å². The van der Waals surface area contributed by atoms with E-state index in [9.17, 15) is 24.0 Å².